The van der Waals surface area contributed by atoms with E-state index < -0.39 is 0 Å². The van der Waals surface area contributed by atoms with E-state index in [1.54, 1.807) is 0 Å². The van der Waals surface area contributed by atoms with Crippen LogP contribution in [0.1, 0.15) is 41.7 Å². The van der Waals surface area contributed by atoms with Crippen LogP contribution in [0.3, 0.4) is 0 Å². The van der Waals surface area contributed by atoms with Gasteiger partial charge in [-0.3, -0.25) is 0 Å². The SMILES string of the molecule is Cc1ccccc1C(Oc1ccc2c(c1)CCC2)C(C)N. The second kappa shape index (κ2) is 5.90. The number of benzene rings is 2. The van der Waals surface area contributed by atoms with Crippen molar-refractivity contribution in [3.63, 3.8) is 0 Å². The van der Waals surface area contributed by atoms with E-state index >= 15 is 0 Å². The molecule has 0 fully saturated rings. The van der Waals surface area contributed by atoms with Crippen molar-refractivity contribution in [3.05, 3.63) is 64.7 Å². The minimum Gasteiger partial charge on any atom is -0.484 e. The fourth-order valence-electron chi connectivity index (χ4n) is 3.13. The molecule has 2 aromatic rings. The molecule has 2 heteroatoms. The number of hydrogen-bond donors (Lipinski definition) is 1. The van der Waals surface area contributed by atoms with Crippen LogP contribution in [-0.2, 0) is 12.8 Å². The first kappa shape index (κ1) is 14.2. The van der Waals surface area contributed by atoms with Gasteiger partial charge >= 0.3 is 0 Å². The van der Waals surface area contributed by atoms with E-state index in [-0.39, 0.29) is 12.1 Å². The quantitative estimate of drug-likeness (QED) is 0.921. The van der Waals surface area contributed by atoms with Crippen molar-refractivity contribution >= 4 is 0 Å². The molecule has 2 N–H and O–H groups in total. The lowest BCUT2D eigenvalue weighted by Gasteiger charge is -2.24. The van der Waals surface area contributed by atoms with Gasteiger partial charge in [0.15, 0.2) is 0 Å². The molecular formula is C19H23NO. The van der Waals surface area contributed by atoms with Crippen LogP contribution in [0.4, 0.5) is 0 Å². The molecule has 2 unspecified atom stereocenters. The maximum atomic E-state index is 6.24. The molecular weight excluding hydrogens is 258 g/mol. The van der Waals surface area contributed by atoms with Crippen LogP contribution >= 0.6 is 0 Å². The Morgan fingerprint density at radius 1 is 1.05 bits per heavy atom. The van der Waals surface area contributed by atoms with Crippen LogP contribution < -0.4 is 10.5 Å². The summed E-state index contributed by atoms with van der Waals surface area (Å²) in [4.78, 5) is 0. The van der Waals surface area contributed by atoms with E-state index in [9.17, 15) is 0 Å². The molecule has 2 aromatic carbocycles. The first-order chi connectivity index (χ1) is 10.1. The topological polar surface area (TPSA) is 35.2 Å². The number of rotatable bonds is 4. The Balaban J connectivity index is 1.88. The highest BCUT2D eigenvalue weighted by atomic mass is 16.5. The number of fused-ring (bicyclic) bond motifs is 1. The first-order valence-corrected chi connectivity index (χ1v) is 7.75. The summed E-state index contributed by atoms with van der Waals surface area (Å²) < 4.78 is 6.24. The Kier molecular flexibility index (Phi) is 3.98. The summed E-state index contributed by atoms with van der Waals surface area (Å²) in [7, 11) is 0. The summed E-state index contributed by atoms with van der Waals surface area (Å²) >= 11 is 0. The number of hydrogen-bond acceptors (Lipinski definition) is 2. The van der Waals surface area contributed by atoms with Gasteiger partial charge in [-0.15, -0.1) is 0 Å². The normalized spacial score (nSPS) is 16.3. The molecule has 0 aromatic heterocycles. The second-order valence-electron chi connectivity index (χ2n) is 6.04. The molecule has 3 rings (SSSR count). The van der Waals surface area contributed by atoms with Gasteiger partial charge in [0.1, 0.15) is 11.9 Å². The summed E-state index contributed by atoms with van der Waals surface area (Å²) in [5.74, 6) is 0.932. The zero-order valence-corrected chi connectivity index (χ0v) is 12.8. The zero-order chi connectivity index (χ0) is 14.8. The molecule has 110 valence electrons. The van der Waals surface area contributed by atoms with Crippen molar-refractivity contribution in [2.24, 2.45) is 5.73 Å². The summed E-state index contributed by atoms with van der Waals surface area (Å²) in [6, 6.07) is 14.7. The van der Waals surface area contributed by atoms with Crippen molar-refractivity contribution in [1.29, 1.82) is 0 Å². The predicted octanol–water partition coefficient (Wildman–Crippen LogP) is 3.95. The third-order valence-corrected chi connectivity index (χ3v) is 4.31. The van der Waals surface area contributed by atoms with Gasteiger partial charge in [0.05, 0.1) is 0 Å². The Morgan fingerprint density at radius 3 is 2.57 bits per heavy atom. The number of aryl methyl sites for hydroxylation is 3. The summed E-state index contributed by atoms with van der Waals surface area (Å²) in [5, 5.41) is 0. The van der Waals surface area contributed by atoms with Crippen LogP contribution in [0.2, 0.25) is 0 Å². The first-order valence-electron chi connectivity index (χ1n) is 7.75. The van der Waals surface area contributed by atoms with Crippen molar-refractivity contribution < 1.29 is 4.74 Å². The van der Waals surface area contributed by atoms with Gasteiger partial charge in [-0.1, -0.05) is 30.3 Å². The van der Waals surface area contributed by atoms with Gasteiger partial charge < -0.3 is 10.5 Å². The molecule has 0 amide bonds. The fraction of sp³-hybridized carbons (Fsp3) is 0.368. The largest absolute Gasteiger partial charge is 0.484 e. The fourth-order valence-corrected chi connectivity index (χ4v) is 3.13. The van der Waals surface area contributed by atoms with Crippen molar-refractivity contribution in [1.82, 2.24) is 0 Å². The predicted molar refractivity (Wildman–Crippen MR) is 86.7 cm³/mol. The molecule has 1 aliphatic carbocycles. The van der Waals surface area contributed by atoms with Gasteiger partial charge in [0.25, 0.3) is 0 Å². The van der Waals surface area contributed by atoms with Crippen LogP contribution in [0.5, 0.6) is 5.75 Å². The lowest BCUT2D eigenvalue weighted by molar-refractivity contribution is 0.179. The Labute approximate surface area is 126 Å². The minimum atomic E-state index is -0.106. The molecule has 21 heavy (non-hydrogen) atoms. The van der Waals surface area contributed by atoms with Gasteiger partial charge in [-0.25, -0.2) is 0 Å². The average molecular weight is 281 g/mol. The molecule has 0 bridgehead atoms. The molecule has 2 nitrogen and oxygen atoms in total. The number of nitrogens with two attached hydrogens (primary N) is 1. The van der Waals surface area contributed by atoms with Crippen LogP contribution in [-0.4, -0.2) is 6.04 Å². The molecule has 2 atom stereocenters. The Morgan fingerprint density at radius 2 is 1.81 bits per heavy atom. The van der Waals surface area contributed by atoms with Gasteiger partial charge in [-0.2, -0.15) is 0 Å². The van der Waals surface area contributed by atoms with Crippen molar-refractivity contribution in [3.8, 4) is 5.75 Å². The van der Waals surface area contributed by atoms with E-state index in [0.717, 1.165) is 5.75 Å². The van der Waals surface area contributed by atoms with E-state index in [2.05, 4.69) is 37.3 Å². The van der Waals surface area contributed by atoms with E-state index in [1.165, 1.54) is 41.5 Å². The highest BCUT2D eigenvalue weighted by Crippen LogP contribution is 2.30. The summed E-state index contributed by atoms with van der Waals surface area (Å²) in [5.41, 5.74) is 11.5. The standard InChI is InChI=1S/C19H23NO/c1-13-6-3-4-9-18(13)19(14(2)20)21-17-11-10-15-7-5-8-16(15)12-17/h3-4,6,9-12,14,19H,5,7-8,20H2,1-2H3. The molecule has 1 aliphatic rings. The lowest BCUT2D eigenvalue weighted by atomic mass is 9.99. The summed E-state index contributed by atoms with van der Waals surface area (Å²) in [6.07, 6.45) is 3.52. The minimum absolute atomic E-state index is 0.0562. The third kappa shape index (κ3) is 2.96. The second-order valence-corrected chi connectivity index (χ2v) is 6.04. The monoisotopic (exact) mass is 281 g/mol. The molecule has 0 spiro atoms. The molecule has 0 saturated heterocycles. The maximum Gasteiger partial charge on any atom is 0.139 e. The maximum absolute atomic E-state index is 6.24. The van der Waals surface area contributed by atoms with Gasteiger partial charge in [-0.05, 0) is 67.5 Å². The van der Waals surface area contributed by atoms with E-state index in [1.807, 2.05) is 19.1 Å². The Hall–Kier alpha value is -1.80. The van der Waals surface area contributed by atoms with Crippen LogP contribution in [0.25, 0.3) is 0 Å². The lowest BCUT2D eigenvalue weighted by Crippen LogP contribution is -2.29. The average Bonchev–Trinajstić information content (AvgIpc) is 2.93. The highest BCUT2D eigenvalue weighted by Gasteiger charge is 2.21. The van der Waals surface area contributed by atoms with Crippen molar-refractivity contribution in [2.45, 2.75) is 45.3 Å². The van der Waals surface area contributed by atoms with Crippen LogP contribution in [0.15, 0.2) is 42.5 Å². The third-order valence-electron chi connectivity index (χ3n) is 4.31. The number of ether oxygens (including phenoxy) is 1. The highest BCUT2D eigenvalue weighted by molar-refractivity contribution is 5.39. The molecule has 0 saturated carbocycles. The van der Waals surface area contributed by atoms with Crippen molar-refractivity contribution in [2.75, 3.05) is 0 Å². The molecule has 0 aliphatic heterocycles. The van der Waals surface area contributed by atoms with Gasteiger partial charge in [0, 0.05) is 6.04 Å². The van der Waals surface area contributed by atoms with Gasteiger partial charge in [0.2, 0.25) is 0 Å². The Bertz CT molecular complexity index is 633. The zero-order valence-electron chi connectivity index (χ0n) is 12.8. The molecule has 0 heterocycles. The molecule has 0 radical (unpaired) electrons. The van der Waals surface area contributed by atoms with E-state index in [4.69, 9.17) is 10.5 Å². The van der Waals surface area contributed by atoms with Crippen LogP contribution in [0, 0.1) is 6.92 Å². The van der Waals surface area contributed by atoms with E-state index in [0.29, 0.717) is 0 Å². The smallest absolute Gasteiger partial charge is 0.139 e. The summed E-state index contributed by atoms with van der Waals surface area (Å²) in [6.45, 7) is 4.11.